The summed E-state index contributed by atoms with van der Waals surface area (Å²) in [4.78, 5) is 11.7. The van der Waals surface area contributed by atoms with Crippen LogP contribution in [0, 0.1) is 0 Å². The van der Waals surface area contributed by atoms with Gasteiger partial charge in [0.15, 0.2) is 0 Å². The topological polar surface area (TPSA) is 50.4 Å². The normalized spacial score (nSPS) is 14.2. The molecule has 0 aromatic heterocycles. The van der Waals surface area contributed by atoms with Gasteiger partial charge in [-0.25, -0.2) is 0 Å². The average Bonchev–Trinajstić information content (AvgIpc) is 3.26. The maximum atomic E-state index is 11.7. The van der Waals surface area contributed by atoms with Crippen LogP contribution in [0.5, 0.6) is 5.75 Å². The highest BCUT2D eigenvalue weighted by atomic mass is 16.5. The van der Waals surface area contributed by atoms with Gasteiger partial charge in [0.1, 0.15) is 5.75 Å². The number of aryl methyl sites for hydroxylation is 1. The molecule has 4 nitrogen and oxygen atoms in total. The van der Waals surface area contributed by atoms with Gasteiger partial charge in [-0.3, -0.25) is 4.79 Å². The maximum absolute atomic E-state index is 11.7. The highest BCUT2D eigenvalue weighted by molar-refractivity contribution is 5.78. The summed E-state index contributed by atoms with van der Waals surface area (Å²) in [5, 5.41) is 6.13. The molecule has 0 heterocycles. The fourth-order valence-corrected chi connectivity index (χ4v) is 1.97. The van der Waals surface area contributed by atoms with E-state index in [1.165, 1.54) is 18.4 Å². The largest absolute Gasteiger partial charge is 0.496 e. The van der Waals surface area contributed by atoms with Crippen molar-refractivity contribution in [3.8, 4) is 5.75 Å². The second-order valence-electron chi connectivity index (χ2n) is 4.93. The predicted octanol–water partition coefficient (Wildman–Crippen LogP) is 1.63. The van der Waals surface area contributed by atoms with Crippen LogP contribution in [0.3, 0.4) is 0 Å². The summed E-state index contributed by atoms with van der Waals surface area (Å²) in [7, 11) is 1.65. The van der Waals surface area contributed by atoms with E-state index in [9.17, 15) is 4.79 Å². The Labute approximate surface area is 114 Å². The van der Waals surface area contributed by atoms with E-state index in [1.807, 2.05) is 6.07 Å². The summed E-state index contributed by atoms with van der Waals surface area (Å²) in [6.07, 6.45) is 3.37. The summed E-state index contributed by atoms with van der Waals surface area (Å²) in [5.74, 6) is 0.864. The van der Waals surface area contributed by atoms with E-state index in [2.05, 4.69) is 29.7 Å². The van der Waals surface area contributed by atoms with Crippen LogP contribution >= 0.6 is 0 Å². The molecule has 2 N–H and O–H groups in total. The van der Waals surface area contributed by atoms with Crippen LogP contribution in [0.2, 0.25) is 0 Å². The molecular weight excluding hydrogens is 240 g/mol. The van der Waals surface area contributed by atoms with Crippen molar-refractivity contribution in [2.45, 2.75) is 38.8 Å². The molecular formula is C15H22N2O2. The average molecular weight is 262 g/mol. The van der Waals surface area contributed by atoms with Gasteiger partial charge in [-0.05, 0) is 30.9 Å². The number of nitrogens with one attached hydrogen (secondary N) is 2. The second-order valence-corrected chi connectivity index (χ2v) is 4.93. The van der Waals surface area contributed by atoms with E-state index in [-0.39, 0.29) is 5.91 Å². The van der Waals surface area contributed by atoms with Gasteiger partial charge in [0, 0.05) is 18.2 Å². The first kappa shape index (κ1) is 13.9. The molecule has 0 bridgehead atoms. The third-order valence-electron chi connectivity index (χ3n) is 3.36. The van der Waals surface area contributed by atoms with Gasteiger partial charge in [-0.2, -0.15) is 0 Å². The molecule has 0 saturated heterocycles. The fraction of sp³-hybridized carbons (Fsp3) is 0.533. The number of benzene rings is 1. The van der Waals surface area contributed by atoms with Gasteiger partial charge in [-0.1, -0.05) is 19.1 Å². The highest BCUT2D eigenvalue weighted by Gasteiger charge is 2.21. The van der Waals surface area contributed by atoms with Crippen LogP contribution in [-0.4, -0.2) is 25.6 Å². The van der Waals surface area contributed by atoms with Crippen molar-refractivity contribution in [1.29, 1.82) is 0 Å². The first-order valence-electron chi connectivity index (χ1n) is 6.88. The minimum atomic E-state index is 0.0378. The lowest BCUT2D eigenvalue weighted by atomic mass is 10.1. The molecule has 1 fully saturated rings. The molecule has 1 aromatic rings. The molecule has 2 rings (SSSR count). The highest BCUT2D eigenvalue weighted by Crippen LogP contribution is 2.20. The van der Waals surface area contributed by atoms with E-state index in [4.69, 9.17) is 4.74 Å². The van der Waals surface area contributed by atoms with Gasteiger partial charge in [0.2, 0.25) is 5.91 Å². The number of hydrogen-bond acceptors (Lipinski definition) is 3. The number of ether oxygens (including phenoxy) is 1. The van der Waals surface area contributed by atoms with Crippen molar-refractivity contribution in [2.24, 2.45) is 0 Å². The Bertz CT molecular complexity index is 442. The van der Waals surface area contributed by atoms with E-state index in [0.717, 1.165) is 17.7 Å². The van der Waals surface area contributed by atoms with E-state index in [1.54, 1.807) is 7.11 Å². The SMILES string of the molecule is CCc1ccc(OC)c(CNC(=O)CNC2CC2)c1. The molecule has 1 aliphatic carbocycles. The molecule has 0 atom stereocenters. The molecule has 0 unspecified atom stereocenters. The number of carbonyl (C=O) groups excluding carboxylic acids is 1. The standard InChI is InChI=1S/C15H22N2O2/c1-3-11-4-7-14(19-2)12(8-11)9-17-15(18)10-16-13-5-6-13/h4,7-8,13,16H,3,5-6,9-10H2,1-2H3,(H,17,18). The predicted molar refractivity (Wildman–Crippen MR) is 75.2 cm³/mol. The Morgan fingerprint density at radius 2 is 2.21 bits per heavy atom. The lowest BCUT2D eigenvalue weighted by Crippen LogP contribution is -2.34. The minimum Gasteiger partial charge on any atom is -0.496 e. The third kappa shape index (κ3) is 4.24. The number of rotatable bonds is 7. The van der Waals surface area contributed by atoms with Crippen molar-refractivity contribution in [1.82, 2.24) is 10.6 Å². The summed E-state index contributed by atoms with van der Waals surface area (Å²) in [5.41, 5.74) is 2.28. The molecule has 0 radical (unpaired) electrons. The van der Waals surface area contributed by atoms with Crippen molar-refractivity contribution in [3.05, 3.63) is 29.3 Å². The van der Waals surface area contributed by atoms with Gasteiger partial charge >= 0.3 is 0 Å². The van der Waals surface area contributed by atoms with Crippen molar-refractivity contribution >= 4 is 5.91 Å². The molecule has 4 heteroatoms. The Balaban J connectivity index is 1.87. The summed E-state index contributed by atoms with van der Waals surface area (Å²) >= 11 is 0. The summed E-state index contributed by atoms with van der Waals surface area (Å²) < 4.78 is 5.32. The molecule has 19 heavy (non-hydrogen) atoms. The Morgan fingerprint density at radius 1 is 1.42 bits per heavy atom. The van der Waals surface area contributed by atoms with Gasteiger partial charge in [0.25, 0.3) is 0 Å². The Morgan fingerprint density at radius 3 is 2.84 bits per heavy atom. The number of methoxy groups -OCH3 is 1. The monoisotopic (exact) mass is 262 g/mol. The minimum absolute atomic E-state index is 0.0378. The molecule has 104 valence electrons. The van der Waals surface area contributed by atoms with E-state index < -0.39 is 0 Å². The van der Waals surface area contributed by atoms with Crippen LogP contribution in [0.15, 0.2) is 18.2 Å². The van der Waals surface area contributed by atoms with Crippen LogP contribution in [0.25, 0.3) is 0 Å². The van der Waals surface area contributed by atoms with Crippen LogP contribution in [0.4, 0.5) is 0 Å². The molecule has 1 aliphatic rings. The second kappa shape index (κ2) is 6.57. The number of hydrogen-bond donors (Lipinski definition) is 2. The van der Waals surface area contributed by atoms with Crippen molar-refractivity contribution in [2.75, 3.05) is 13.7 Å². The van der Waals surface area contributed by atoms with Gasteiger partial charge < -0.3 is 15.4 Å². The summed E-state index contributed by atoms with van der Waals surface area (Å²) in [6, 6.07) is 6.67. The molecule has 0 spiro atoms. The first-order valence-corrected chi connectivity index (χ1v) is 6.88. The fourth-order valence-electron chi connectivity index (χ4n) is 1.97. The zero-order chi connectivity index (χ0) is 13.7. The van der Waals surface area contributed by atoms with Gasteiger partial charge in [0.05, 0.1) is 13.7 Å². The quantitative estimate of drug-likeness (QED) is 0.785. The van der Waals surface area contributed by atoms with E-state index >= 15 is 0 Å². The van der Waals surface area contributed by atoms with Crippen LogP contribution in [0.1, 0.15) is 30.9 Å². The first-order chi connectivity index (χ1) is 9.22. The zero-order valence-corrected chi connectivity index (χ0v) is 11.7. The van der Waals surface area contributed by atoms with Gasteiger partial charge in [-0.15, -0.1) is 0 Å². The smallest absolute Gasteiger partial charge is 0.234 e. The Kier molecular flexibility index (Phi) is 4.80. The lowest BCUT2D eigenvalue weighted by Gasteiger charge is -2.11. The maximum Gasteiger partial charge on any atom is 0.234 e. The zero-order valence-electron chi connectivity index (χ0n) is 11.7. The molecule has 0 aliphatic heterocycles. The Hall–Kier alpha value is -1.55. The lowest BCUT2D eigenvalue weighted by molar-refractivity contribution is -0.120. The third-order valence-corrected chi connectivity index (χ3v) is 3.36. The summed E-state index contributed by atoms with van der Waals surface area (Å²) in [6.45, 7) is 3.03. The number of amides is 1. The molecule has 1 amide bonds. The number of carbonyl (C=O) groups is 1. The van der Waals surface area contributed by atoms with Crippen molar-refractivity contribution < 1.29 is 9.53 Å². The molecule has 1 saturated carbocycles. The van der Waals surface area contributed by atoms with Crippen molar-refractivity contribution in [3.63, 3.8) is 0 Å². The van der Waals surface area contributed by atoms with Crippen LogP contribution in [-0.2, 0) is 17.8 Å². The van der Waals surface area contributed by atoms with E-state index in [0.29, 0.717) is 19.1 Å². The molecule has 1 aromatic carbocycles. The van der Waals surface area contributed by atoms with Crippen LogP contribution < -0.4 is 15.4 Å².